The maximum absolute atomic E-state index is 5.92. The Morgan fingerprint density at radius 3 is 2.63 bits per heavy atom. The Hall–Kier alpha value is -1.61. The Kier molecular flexibility index (Phi) is 4.38. The van der Waals surface area contributed by atoms with Crippen LogP contribution in [0.4, 0.5) is 5.69 Å². The largest absolute Gasteiger partial charge is 0.494 e. The summed E-state index contributed by atoms with van der Waals surface area (Å²) in [6, 6.07) is 12.3. The van der Waals surface area contributed by atoms with E-state index in [0.29, 0.717) is 6.61 Å². The van der Waals surface area contributed by atoms with Crippen LogP contribution in [0.2, 0.25) is 0 Å². The minimum absolute atomic E-state index is 0.650. The number of anilines is 1. The van der Waals surface area contributed by atoms with E-state index in [4.69, 9.17) is 10.5 Å². The van der Waals surface area contributed by atoms with Crippen LogP contribution in [-0.4, -0.2) is 6.61 Å². The Bertz CT molecular complexity index is 581. The van der Waals surface area contributed by atoms with Crippen LogP contribution in [-0.2, 0) is 0 Å². The van der Waals surface area contributed by atoms with E-state index in [2.05, 4.69) is 32.0 Å². The Labute approximate surface area is 119 Å². The first kappa shape index (κ1) is 13.8. The Balaban J connectivity index is 2.29. The number of nitrogens with two attached hydrogens (primary N) is 1. The van der Waals surface area contributed by atoms with Gasteiger partial charge in [0.2, 0.25) is 0 Å². The standard InChI is InChI=1S/C16H19NOS/c1-4-18-14-8-13(17)9-15(10-14)19-16-7-11(2)5-6-12(16)3/h5-10H,4,17H2,1-3H3. The summed E-state index contributed by atoms with van der Waals surface area (Å²) in [6.45, 7) is 6.85. The first-order valence-electron chi connectivity index (χ1n) is 6.37. The van der Waals surface area contributed by atoms with Crippen molar-refractivity contribution in [1.29, 1.82) is 0 Å². The van der Waals surface area contributed by atoms with Crippen molar-refractivity contribution >= 4 is 17.4 Å². The third kappa shape index (κ3) is 3.67. The zero-order valence-electron chi connectivity index (χ0n) is 11.6. The van der Waals surface area contributed by atoms with Crippen molar-refractivity contribution in [1.82, 2.24) is 0 Å². The summed E-state index contributed by atoms with van der Waals surface area (Å²) in [5.41, 5.74) is 9.19. The maximum atomic E-state index is 5.92. The lowest BCUT2D eigenvalue weighted by molar-refractivity contribution is 0.339. The summed E-state index contributed by atoms with van der Waals surface area (Å²) >= 11 is 1.72. The van der Waals surface area contributed by atoms with E-state index in [9.17, 15) is 0 Å². The topological polar surface area (TPSA) is 35.2 Å². The highest BCUT2D eigenvalue weighted by atomic mass is 32.2. The quantitative estimate of drug-likeness (QED) is 0.837. The highest BCUT2D eigenvalue weighted by Crippen LogP contribution is 2.34. The molecule has 0 saturated carbocycles. The first-order chi connectivity index (χ1) is 9.08. The second-order valence-electron chi connectivity index (χ2n) is 4.54. The molecule has 2 N–H and O–H groups in total. The zero-order valence-corrected chi connectivity index (χ0v) is 12.4. The normalized spacial score (nSPS) is 10.5. The van der Waals surface area contributed by atoms with Crippen molar-refractivity contribution in [2.24, 2.45) is 0 Å². The molecule has 0 fully saturated rings. The van der Waals surface area contributed by atoms with Gasteiger partial charge in [-0.3, -0.25) is 0 Å². The van der Waals surface area contributed by atoms with E-state index < -0.39 is 0 Å². The van der Waals surface area contributed by atoms with Crippen molar-refractivity contribution in [2.75, 3.05) is 12.3 Å². The molecule has 0 radical (unpaired) electrons. The molecule has 0 aliphatic rings. The average Bonchev–Trinajstić information content (AvgIpc) is 2.33. The van der Waals surface area contributed by atoms with Gasteiger partial charge in [-0.05, 0) is 50.1 Å². The van der Waals surface area contributed by atoms with Gasteiger partial charge < -0.3 is 10.5 Å². The third-order valence-corrected chi connectivity index (χ3v) is 3.92. The number of aryl methyl sites for hydroxylation is 2. The summed E-state index contributed by atoms with van der Waals surface area (Å²) in [7, 11) is 0. The van der Waals surface area contributed by atoms with E-state index >= 15 is 0 Å². The van der Waals surface area contributed by atoms with Gasteiger partial charge in [0.25, 0.3) is 0 Å². The van der Waals surface area contributed by atoms with Crippen molar-refractivity contribution in [3.63, 3.8) is 0 Å². The van der Waals surface area contributed by atoms with Crippen molar-refractivity contribution in [3.05, 3.63) is 47.5 Å². The van der Waals surface area contributed by atoms with E-state index in [-0.39, 0.29) is 0 Å². The Morgan fingerprint density at radius 1 is 1.11 bits per heavy atom. The fourth-order valence-electron chi connectivity index (χ4n) is 1.85. The number of benzene rings is 2. The molecule has 0 heterocycles. The SMILES string of the molecule is CCOc1cc(N)cc(Sc2cc(C)ccc2C)c1. The number of rotatable bonds is 4. The Morgan fingerprint density at radius 2 is 1.89 bits per heavy atom. The van der Waals surface area contributed by atoms with Crippen LogP contribution in [0.15, 0.2) is 46.2 Å². The minimum atomic E-state index is 0.650. The van der Waals surface area contributed by atoms with E-state index in [1.807, 2.05) is 25.1 Å². The highest BCUT2D eigenvalue weighted by molar-refractivity contribution is 7.99. The van der Waals surface area contributed by atoms with Crippen LogP contribution in [0.1, 0.15) is 18.1 Å². The molecule has 2 aromatic rings. The van der Waals surface area contributed by atoms with Gasteiger partial charge in [0.05, 0.1) is 6.61 Å². The first-order valence-corrected chi connectivity index (χ1v) is 7.18. The molecule has 3 heteroatoms. The number of hydrogen-bond donors (Lipinski definition) is 1. The molecule has 0 atom stereocenters. The van der Waals surface area contributed by atoms with Gasteiger partial charge in [-0.25, -0.2) is 0 Å². The minimum Gasteiger partial charge on any atom is -0.494 e. The molecular formula is C16H19NOS. The van der Waals surface area contributed by atoms with E-state index in [0.717, 1.165) is 16.3 Å². The maximum Gasteiger partial charge on any atom is 0.122 e. The molecule has 2 aromatic carbocycles. The summed E-state index contributed by atoms with van der Waals surface area (Å²) in [4.78, 5) is 2.37. The molecule has 0 aliphatic carbocycles. The van der Waals surface area contributed by atoms with E-state index in [1.165, 1.54) is 16.0 Å². The van der Waals surface area contributed by atoms with Gasteiger partial charge in [0, 0.05) is 21.5 Å². The van der Waals surface area contributed by atoms with Crippen molar-refractivity contribution in [3.8, 4) is 5.75 Å². The number of ether oxygens (including phenoxy) is 1. The van der Waals surface area contributed by atoms with E-state index in [1.54, 1.807) is 11.8 Å². The van der Waals surface area contributed by atoms with Gasteiger partial charge in [0.1, 0.15) is 5.75 Å². The van der Waals surface area contributed by atoms with Gasteiger partial charge >= 0.3 is 0 Å². The van der Waals surface area contributed by atoms with Crippen molar-refractivity contribution < 1.29 is 4.74 Å². The molecule has 0 bridgehead atoms. The monoisotopic (exact) mass is 273 g/mol. The lowest BCUT2D eigenvalue weighted by atomic mass is 10.2. The molecule has 0 aromatic heterocycles. The molecule has 0 unspecified atom stereocenters. The number of hydrogen-bond acceptors (Lipinski definition) is 3. The van der Waals surface area contributed by atoms with Crippen LogP contribution in [0.5, 0.6) is 5.75 Å². The predicted molar refractivity (Wildman–Crippen MR) is 82.1 cm³/mol. The predicted octanol–water partition coefficient (Wildman–Crippen LogP) is 4.44. The molecule has 2 nitrogen and oxygen atoms in total. The molecule has 0 aliphatic heterocycles. The van der Waals surface area contributed by atoms with Crippen LogP contribution in [0.3, 0.4) is 0 Å². The van der Waals surface area contributed by atoms with Gasteiger partial charge in [0.15, 0.2) is 0 Å². The zero-order chi connectivity index (χ0) is 13.8. The average molecular weight is 273 g/mol. The van der Waals surface area contributed by atoms with Gasteiger partial charge in [-0.2, -0.15) is 0 Å². The molecule has 0 amide bonds. The molecular weight excluding hydrogens is 254 g/mol. The van der Waals surface area contributed by atoms with Crippen LogP contribution < -0.4 is 10.5 Å². The van der Waals surface area contributed by atoms with Crippen LogP contribution >= 0.6 is 11.8 Å². The highest BCUT2D eigenvalue weighted by Gasteiger charge is 2.05. The smallest absolute Gasteiger partial charge is 0.122 e. The van der Waals surface area contributed by atoms with Crippen molar-refractivity contribution in [2.45, 2.75) is 30.6 Å². The summed E-state index contributed by atoms with van der Waals surface area (Å²) in [6.07, 6.45) is 0. The second kappa shape index (κ2) is 6.02. The van der Waals surface area contributed by atoms with Crippen LogP contribution in [0, 0.1) is 13.8 Å². The fourth-order valence-corrected chi connectivity index (χ4v) is 2.94. The van der Waals surface area contributed by atoms with Gasteiger partial charge in [-0.1, -0.05) is 23.9 Å². The van der Waals surface area contributed by atoms with Crippen LogP contribution in [0.25, 0.3) is 0 Å². The lowest BCUT2D eigenvalue weighted by Gasteiger charge is -2.10. The summed E-state index contributed by atoms with van der Waals surface area (Å²) < 4.78 is 5.53. The third-order valence-electron chi connectivity index (χ3n) is 2.78. The molecule has 0 spiro atoms. The number of nitrogen functional groups attached to an aromatic ring is 1. The fraction of sp³-hybridized carbons (Fsp3) is 0.250. The summed E-state index contributed by atoms with van der Waals surface area (Å²) in [5.74, 6) is 0.829. The van der Waals surface area contributed by atoms with Gasteiger partial charge in [-0.15, -0.1) is 0 Å². The lowest BCUT2D eigenvalue weighted by Crippen LogP contribution is -1.94. The molecule has 19 heavy (non-hydrogen) atoms. The second-order valence-corrected chi connectivity index (χ2v) is 5.66. The summed E-state index contributed by atoms with van der Waals surface area (Å²) in [5, 5.41) is 0. The molecule has 2 rings (SSSR count). The molecule has 100 valence electrons. The molecule has 0 saturated heterocycles.